The van der Waals surface area contributed by atoms with Gasteiger partial charge in [-0.25, -0.2) is 24.1 Å². The van der Waals surface area contributed by atoms with Crippen LogP contribution >= 0.6 is 0 Å². The lowest BCUT2D eigenvalue weighted by molar-refractivity contribution is 0.0594. The zero-order chi connectivity index (χ0) is 23.9. The van der Waals surface area contributed by atoms with Crippen molar-refractivity contribution in [3.8, 4) is 5.69 Å². The Labute approximate surface area is 189 Å². The van der Waals surface area contributed by atoms with Crippen LogP contribution in [-0.4, -0.2) is 36.7 Å². The van der Waals surface area contributed by atoms with Crippen molar-refractivity contribution in [2.45, 2.75) is 40.8 Å². The van der Waals surface area contributed by atoms with Gasteiger partial charge in [-0.15, -0.1) is 0 Å². The highest BCUT2D eigenvalue weighted by atomic mass is 16.5. The Morgan fingerprint density at radius 1 is 1.21 bits per heavy atom. The summed E-state index contributed by atoms with van der Waals surface area (Å²) in [5.74, 6) is -0.344. The maximum absolute atomic E-state index is 13.5. The van der Waals surface area contributed by atoms with Gasteiger partial charge in [-0.05, 0) is 31.4 Å². The summed E-state index contributed by atoms with van der Waals surface area (Å²) in [6.45, 7) is 8.08. The number of carbonyl (C=O) groups excluding carboxylic acids is 1. The monoisotopic (exact) mass is 451 g/mol. The van der Waals surface area contributed by atoms with Gasteiger partial charge in [0.05, 0.1) is 19.1 Å². The second kappa shape index (κ2) is 8.53. The van der Waals surface area contributed by atoms with Crippen LogP contribution in [0.5, 0.6) is 0 Å². The second-order valence-electron chi connectivity index (χ2n) is 8.38. The molecule has 10 nitrogen and oxygen atoms in total. The van der Waals surface area contributed by atoms with Gasteiger partial charge in [0.2, 0.25) is 5.89 Å². The number of benzene rings is 1. The number of hydrogen-bond acceptors (Lipinski definition) is 7. The lowest BCUT2D eigenvalue weighted by atomic mass is 10.1. The lowest BCUT2D eigenvalue weighted by Gasteiger charge is -2.15. The van der Waals surface area contributed by atoms with Crippen LogP contribution < -0.4 is 11.2 Å². The maximum Gasteiger partial charge on any atom is 0.360 e. The molecule has 10 heteroatoms. The Bertz CT molecular complexity index is 1470. The van der Waals surface area contributed by atoms with Crippen LogP contribution in [0.3, 0.4) is 0 Å². The number of rotatable bonds is 6. The van der Waals surface area contributed by atoms with Crippen molar-refractivity contribution in [2.24, 2.45) is 5.92 Å². The molecule has 0 aliphatic carbocycles. The number of oxazole rings is 1. The maximum atomic E-state index is 13.5. The number of aryl methyl sites for hydroxylation is 2. The molecule has 4 rings (SSSR count). The number of esters is 1. The molecule has 1 aromatic carbocycles. The summed E-state index contributed by atoms with van der Waals surface area (Å²) < 4.78 is 14.3. The highest BCUT2D eigenvalue weighted by Crippen LogP contribution is 2.19. The van der Waals surface area contributed by atoms with Crippen molar-refractivity contribution in [1.29, 1.82) is 0 Å². The van der Waals surface area contributed by atoms with Gasteiger partial charge in [0.15, 0.2) is 16.9 Å². The average molecular weight is 451 g/mol. The van der Waals surface area contributed by atoms with Crippen molar-refractivity contribution < 1.29 is 13.9 Å². The fourth-order valence-corrected chi connectivity index (χ4v) is 3.83. The summed E-state index contributed by atoms with van der Waals surface area (Å²) in [7, 11) is 1.25. The molecule has 0 bridgehead atoms. The normalized spacial score (nSPS) is 11.5. The number of hydrogen-bond donors (Lipinski definition) is 0. The van der Waals surface area contributed by atoms with Crippen LogP contribution in [0.4, 0.5) is 0 Å². The van der Waals surface area contributed by atoms with E-state index < -0.39 is 17.2 Å². The van der Waals surface area contributed by atoms with Gasteiger partial charge in [0.25, 0.3) is 5.56 Å². The van der Waals surface area contributed by atoms with E-state index in [1.54, 1.807) is 4.57 Å². The topological polar surface area (TPSA) is 114 Å². The molecule has 172 valence electrons. The number of ether oxygens (including phenoxy) is 1. The summed E-state index contributed by atoms with van der Waals surface area (Å²) in [6.07, 6.45) is 2.66. The molecule has 0 aliphatic rings. The molecule has 0 unspecified atom stereocenters. The van der Waals surface area contributed by atoms with E-state index in [1.165, 1.54) is 28.8 Å². The smallest absolute Gasteiger partial charge is 0.360 e. The third-order valence-corrected chi connectivity index (χ3v) is 5.29. The second-order valence-corrected chi connectivity index (χ2v) is 8.38. The van der Waals surface area contributed by atoms with Crippen LogP contribution in [0.1, 0.15) is 41.4 Å². The summed E-state index contributed by atoms with van der Waals surface area (Å²) in [4.78, 5) is 47.1. The summed E-state index contributed by atoms with van der Waals surface area (Å²) in [5, 5.41) is 0. The summed E-state index contributed by atoms with van der Waals surface area (Å²) >= 11 is 0. The van der Waals surface area contributed by atoms with Crippen molar-refractivity contribution in [3.63, 3.8) is 0 Å². The van der Waals surface area contributed by atoms with E-state index in [0.717, 1.165) is 11.1 Å². The largest absolute Gasteiger partial charge is 0.464 e. The molecule has 0 atom stereocenters. The van der Waals surface area contributed by atoms with Crippen molar-refractivity contribution >= 4 is 17.1 Å². The molecular formula is C23H25N5O5. The van der Waals surface area contributed by atoms with E-state index in [2.05, 4.69) is 14.7 Å². The fraction of sp³-hybridized carbons (Fsp3) is 0.348. The van der Waals surface area contributed by atoms with Gasteiger partial charge in [-0.3, -0.25) is 9.36 Å². The standard InChI is InChI=1S/C23H25N5O5/c1-13(2)9-27-21(29)19-20(28(23(27)31)17-7-6-14(3)8-15(17)4)24-12-26(19)10-18-25-16(11-33-18)22(30)32-5/h6-8,11-13H,9-10H2,1-5H3. The third kappa shape index (κ3) is 3.99. The molecule has 0 N–H and O–H groups in total. The van der Waals surface area contributed by atoms with Crippen LogP contribution in [-0.2, 0) is 17.8 Å². The lowest BCUT2D eigenvalue weighted by Crippen LogP contribution is -2.41. The molecule has 0 radical (unpaired) electrons. The Morgan fingerprint density at radius 2 is 1.97 bits per heavy atom. The van der Waals surface area contributed by atoms with Crippen LogP contribution in [0.15, 0.2) is 44.8 Å². The number of nitrogens with zero attached hydrogens (tertiary/aromatic N) is 5. The minimum absolute atomic E-state index is 0.0290. The molecule has 33 heavy (non-hydrogen) atoms. The van der Waals surface area contributed by atoms with Gasteiger partial charge in [-0.1, -0.05) is 31.5 Å². The van der Waals surface area contributed by atoms with Gasteiger partial charge >= 0.3 is 11.7 Å². The van der Waals surface area contributed by atoms with Crippen molar-refractivity contribution in [2.75, 3.05) is 7.11 Å². The van der Waals surface area contributed by atoms with E-state index >= 15 is 0 Å². The minimum Gasteiger partial charge on any atom is -0.464 e. The predicted octanol–water partition coefficient (Wildman–Crippen LogP) is 2.44. The highest BCUT2D eigenvalue weighted by molar-refractivity contribution is 5.86. The van der Waals surface area contributed by atoms with E-state index in [0.29, 0.717) is 5.69 Å². The molecule has 4 aromatic rings. The molecule has 0 saturated heterocycles. The molecule has 0 spiro atoms. The number of imidazole rings is 1. The first-order chi connectivity index (χ1) is 15.7. The quantitative estimate of drug-likeness (QED) is 0.414. The van der Waals surface area contributed by atoms with E-state index in [9.17, 15) is 14.4 Å². The Hall–Kier alpha value is -3.95. The number of fused-ring (bicyclic) bond motifs is 1. The first kappa shape index (κ1) is 22.3. The van der Waals surface area contributed by atoms with E-state index in [4.69, 9.17) is 4.42 Å². The molecule has 0 amide bonds. The van der Waals surface area contributed by atoms with Crippen molar-refractivity contribution in [1.82, 2.24) is 23.7 Å². The zero-order valence-electron chi connectivity index (χ0n) is 19.2. The predicted molar refractivity (Wildman–Crippen MR) is 121 cm³/mol. The Kier molecular flexibility index (Phi) is 5.75. The summed E-state index contributed by atoms with van der Waals surface area (Å²) in [6, 6.07) is 5.74. The number of aromatic nitrogens is 5. The molecule has 0 fully saturated rings. The fourth-order valence-electron chi connectivity index (χ4n) is 3.83. The zero-order valence-corrected chi connectivity index (χ0v) is 19.2. The molecule has 3 heterocycles. The van der Waals surface area contributed by atoms with E-state index in [-0.39, 0.29) is 41.8 Å². The number of methoxy groups -OCH3 is 1. The highest BCUT2D eigenvalue weighted by Gasteiger charge is 2.22. The number of carbonyl (C=O) groups is 1. The minimum atomic E-state index is -0.622. The third-order valence-electron chi connectivity index (χ3n) is 5.29. The van der Waals surface area contributed by atoms with Crippen LogP contribution in [0.25, 0.3) is 16.9 Å². The molecule has 0 saturated carbocycles. The van der Waals surface area contributed by atoms with E-state index in [1.807, 2.05) is 45.9 Å². The average Bonchev–Trinajstić information content (AvgIpc) is 3.40. The van der Waals surface area contributed by atoms with Crippen LogP contribution in [0.2, 0.25) is 0 Å². The van der Waals surface area contributed by atoms with Crippen molar-refractivity contribution in [3.05, 3.63) is 74.3 Å². The first-order valence-electron chi connectivity index (χ1n) is 10.5. The van der Waals surface area contributed by atoms with Gasteiger partial charge < -0.3 is 13.7 Å². The Morgan fingerprint density at radius 3 is 2.64 bits per heavy atom. The van der Waals surface area contributed by atoms with Gasteiger partial charge in [0, 0.05) is 6.54 Å². The molecule has 3 aromatic heterocycles. The SMILES string of the molecule is COC(=O)c1coc(Cn2cnc3c2c(=O)n(CC(C)C)c(=O)n3-c2ccc(C)cc2C)n1. The van der Waals surface area contributed by atoms with Gasteiger partial charge in [0.1, 0.15) is 12.8 Å². The first-order valence-corrected chi connectivity index (χ1v) is 10.5. The molecular weight excluding hydrogens is 426 g/mol. The summed E-state index contributed by atoms with van der Waals surface area (Å²) in [5.41, 5.74) is 2.24. The molecule has 0 aliphatic heterocycles. The van der Waals surface area contributed by atoms with Gasteiger partial charge in [-0.2, -0.15) is 0 Å². The Balaban J connectivity index is 1.94. The van der Waals surface area contributed by atoms with Crippen LogP contribution in [0, 0.1) is 19.8 Å².